The molecule has 4 saturated carbocycles. The first-order valence-corrected chi connectivity index (χ1v) is 13.3. The SMILES string of the molecule is CCCNC(=O)CC[C@@H](C)C1CCC2C3C(O)CC4CCCCC4(C)C3CCC21C. The minimum atomic E-state index is -0.0790. The molecular formula is C27H47NO2. The molecular weight excluding hydrogens is 370 g/mol. The fourth-order valence-corrected chi connectivity index (χ4v) is 9.14. The van der Waals surface area contributed by atoms with Gasteiger partial charge in [0.25, 0.3) is 0 Å². The van der Waals surface area contributed by atoms with E-state index in [0.29, 0.717) is 40.9 Å². The summed E-state index contributed by atoms with van der Waals surface area (Å²) in [6.07, 6.45) is 14.4. The smallest absolute Gasteiger partial charge is 0.220 e. The second-order valence-electron chi connectivity index (χ2n) is 12.1. The minimum absolute atomic E-state index is 0.0790. The van der Waals surface area contributed by atoms with E-state index < -0.39 is 0 Å². The molecule has 0 aromatic heterocycles. The third-order valence-corrected chi connectivity index (χ3v) is 10.8. The molecule has 0 heterocycles. The van der Waals surface area contributed by atoms with Crippen LogP contribution in [0.15, 0.2) is 0 Å². The second-order valence-corrected chi connectivity index (χ2v) is 12.1. The van der Waals surface area contributed by atoms with Crippen LogP contribution in [0.25, 0.3) is 0 Å². The number of aliphatic hydroxyl groups is 1. The zero-order valence-electron chi connectivity index (χ0n) is 20.1. The van der Waals surface area contributed by atoms with Crippen LogP contribution in [-0.4, -0.2) is 23.7 Å². The normalized spacial score (nSPS) is 46.4. The van der Waals surface area contributed by atoms with Gasteiger partial charge in [0.15, 0.2) is 0 Å². The van der Waals surface area contributed by atoms with Crippen LogP contribution in [0.3, 0.4) is 0 Å². The highest BCUT2D eigenvalue weighted by Crippen LogP contribution is 2.68. The topological polar surface area (TPSA) is 49.3 Å². The lowest BCUT2D eigenvalue weighted by Crippen LogP contribution is -2.57. The Morgan fingerprint density at radius 3 is 2.60 bits per heavy atom. The minimum Gasteiger partial charge on any atom is -0.393 e. The molecule has 2 N–H and O–H groups in total. The quantitative estimate of drug-likeness (QED) is 0.561. The highest BCUT2D eigenvalue weighted by Gasteiger charge is 2.62. The fourth-order valence-electron chi connectivity index (χ4n) is 9.14. The average molecular weight is 418 g/mol. The fraction of sp³-hybridized carbons (Fsp3) is 0.963. The Labute approximate surface area is 185 Å². The van der Waals surface area contributed by atoms with E-state index in [2.05, 4.69) is 33.0 Å². The van der Waals surface area contributed by atoms with Gasteiger partial charge in [-0.15, -0.1) is 0 Å². The number of fused-ring (bicyclic) bond motifs is 5. The van der Waals surface area contributed by atoms with Crippen molar-refractivity contribution in [2.45, 2.75) is 111 Å². The predicted molar refractivity (Wildman–Crippen MR) is 123 cm³/mol. The lowest BCUT2D eigenvalue weighted by molar-refractivity contribution is -0.164. The summed E-state index contributed by atoms with van der Waals surface area (Å²) >= 11 is 0. The number of nitrogens with one attached hydrogen (secondary N) is 1. The standard InChI is InChI=1S/C27H47NO2/c1-5-16-28-24(30)12-9-18(2)20-10-11-21-25-22(13-15-27(20,21)4)26(3)14-7-6-8-19(26)17-23(25)29/h18-23,25,29H,5-17H2,1-4H3,(H,28,30)/t18-,19?,20?,21?,22?,23?,25?,26?,27?/m1/s1. The van der Waals surface area contributed by atoms with Gasteiger partial charge in [0, 0.05) is 13.0 Å². The summed E-state index contributed by atoms with van der Waals surface area (Å²) in [7, 11) is 0. The van der Waals surface area contributed by atoms with Gasteiger partial charge in [-0.1, -0.05) is 40.5 Å². The Kier molecular flexibility index (Phi) is 6.60. The molecule has 0 bridgehead atoms. The summed E-state index contributed by atoms with van der Waals surface area (Å²) in [5.41, 5.74) is 0.837. The van der Waals surface area contributed by atoms with Gasteiger partial charge in [-0.25, -0.2) is 0 Å². The van der Waals surface area contributed by atoms with Crippen molar-refractivity contribution in [1.82, 2.24) is 5.32 Å². The number of amides is 1. The van der Waals surface area contributed by atoms with E-state index >= 15 is 0 Å². The van der Waals surface area contributed by atoms with Gasteiger partial charge in [0.2, 0.25) is 5.91 Å². The molecule has 4 fully saturated rings. The molecule has 0 radical (unpaired) electrons. The molecule has 1 amide bonds. The van der Waals surface area contributed by atoms with Crippen LogP contribution in [0.5, 0.6) is 0 Å². The number of carbonyl (C=O) groups is 1. The summed E-state index contributed by atoms with van der Waals surface area (Å²) in [6, 6.07) is 0. The molecule has 8 unspecified atom stereocenters. The maximum absolute atomic E-state index is 12.1. The van der Waals surface area contributed by atoms with Crippen LogP contribution < -0.4 is 5.32 Å². The van der Waals surface area contributed by atoms with Gasteiger partial charge >= 0.3 is 0 Å². The van der Waals surface area contributed by atoms with Gasteiger partial charge in [-0.3, -0.25) is 4.79 Å². The van der Waals surface area contributed by atoms with Crippen molar-refractivity contribution >= 4 is 5.91 Å². The molecule has 9 atom stereocenters. The molecule has 172 valence electrons. The van der Waals surface area contributed by atoms with Crippen molar-refractivity contribution in [2.75, 3.05) is 6.54 Å². The number of hydrogen-bond acceptors (Lipinski definition) is 2. The highest BCUT2D eigenvalue weighted by molar-refractivity contribution is 5.75. The second kappa shape index (κ2) is 8.75. The summed E-state index contributed by atoms with van der Waals surface area (Å²) < 4.78 is 0. The summed E-state index contributed by atoms with van der Waals surface area (Å²) in [5.74, 6) is 4.24. The molecule has 4 aliphatic rings. The van der Waals surface area contributed by atoms with E-state index in [-0.39, 0.29) is 12.0 Å². The predicted octanol–water partition coefficient (Wildman–Crippen LogP) is 5.95. The van der Waals surface area contributed by atoms with Crippen LogP contribution in [0.4, 0.5) is 0 Å². The number of carbonyl (C=O) groups excluding carboxylic acids is 1. The van der Waals surface area contributed by atoms with Crippen LogP contribution in [0.1, 0.15) is 105 Å². The van der Waals surface area contributed by atoms with E-state index in [1.807, 2.05) is 0 Å². The Balaban J connectivity index is 1.46. The zero-order chi connectivity index (χ0) is 21.5. The van der Waals surface area contributed by atoms with Crippen LogP contribution >= 0.6 is 0 Å². The maximum Gasteiger partial charge on any atom is 0.220 e. The van der Waals surface area contributed by atoms with Crippen molar-refractivity contribution in [3.8, 4) is 0 Å². The number of aliphatic hydroxyl groups excluding tert-OH is 1. The first-order valence-electron chi connectivity index (χ1n) is 13.3. The Hall–Kier alpha value is -0.570. The lowest BCUT2D eigenvalue weighted by Gasteiger charge is -2.62. The van der Waals surface area contributed by atoms with E-state index in [0.717, 1.165) is 37.6 Å². The van der Waals surface area contributed by atoms with Gasteiger partial charge in [0.1, 0.15) is 0 Å². The highest BCUT2D eigenvalue weighted by atomic mass is 16.3. The molecule has 4 aliphatic carbocycles. The largest absolute Gasteiger partial charge is 0.393 e. The van der Waals surface area contributed by atoms with Gasteiger partial charge in [-0.2, -0.15) is 0 Å². The first-order chi connectivity index (χ1) is 14.3. The van der Waals surface area contributed by atoms with E-state index in [1.54, 1.807) is 0 Å². The maximum atomic E-state index is 12.1. The van der Waals surface area contributed by atoms with Crippen molar-refractivity contribution in [3.63, 3.8) is 0 Å². The van der Waals surface area contributed by atoms with Crippen molar-refractivity contribution in [3.05, 3.63) is 0 Å². The van der Waals surface area contributed by atoms with Gasteiger partial charge in [0.05, 0.1) is 6.10 Å². The molecule has 0 saturated heterocycles. The number of hydrogen-bond donors (Lipinski definition) is 2. The van der Waals surface area contributed by atoms with E-state index in [1.165, 1.54) is 51.4 Å². The van der Waals surface area contributed by atoms with Crippen LogP contribution in [0, 0.1) is 46.3 Å². The van der Waals surface area contributed by atoms with Gasteiger partial charge < -0.3 is 10.4 Å². The molecule has 30 heavy (non-hydrogen) atoms. The third kappa shape index (κ3) is 3.76. The monoisotopic (exact) mass is 417 g/mol. The summed E-state index contributed by atoms with van der Waals surface area (Å²) in [5, 5.41) is 14.4. The van der Waals surface area contributed by atoms with E-state index in [4.69, 9.17) is 0 Å². The van der Waals surface area contributed by atoms with Crippen LogP contribution in [-0.2, 0) is 4.79 Å². The Morgan fingerprint density at radius 1 is 1.07 bits per heavy atom. The zero-order valence-corrected chi connectivity index (χ0v) is 20.1. The molecule has 0 spiro atoms. The molecule has 0 aromatic carbocycles. The third-order valence-electron chi connectivity index (χ3n) is 10.8. The number of rotatable bonds is 6. The molecule has 4 rings (SSSR count). The van der Waals surface area contributed by atoms with E-state index in [9.17, 15) is 9.90 Å². The van der Waals surface area contributed by atoms with Gasteiger partial charge in [-0.05, 0) is 104 Å². The van der Waals surface area contributed by atoms with Crippen molar-refractivity contribution in [2.24, 2.45) is 46.3 Å². The van der Waals surface area contributed by atoms with Crippen LogP contribution in [0.2, 0.25) is 0 Å². The molecule has 0 aliphatic heterocycles. The summed E-state index contributed by atoms with van der Waals surface area (Å²) in [6.45, 7) is 10.5. The molecule has 3 nitrogen and oxygen atoms in total. The molecule has 0 aromatic rings. The first kappa shape index (κ1) is 22.6. The lowest BCUT2D eigenvalue weighted by atomic mass is 9.44. The van der Waals surface area contributed by atoms with Crippen molar-refractivity contribution < 1.29 is 9.90 Å². The Morgan fingerprint density at radius 2 is 1.83 bits per heavy atom. The average Bonchev–Trinajstić information content (AvgIpc) is 3.08. The van der Waals surface area contributed by atoms with Crippen molar-refractivity contribution in [1.29, 1.82) is 0 Å². The Bertz CT molecular complexity index is 620. The summed E-state index contributed by atoms with van der Waals surface area (Å²) in [4.78, 5) is 12.1. The molecule has 3 heteroatoms.